The Morgan fingerprint density at radius 2 is 1.93 bits per heavy atom. The topological polar surface area (TPSA) is 33.6 Å². The molecule has 0 bridgehead atoms. The summed E-state index contributed by atoms with van der Waals surface area (Å²) >= 11 is 0. The Morgan fingerprint density at radius 1 is 1.07 bits per heavy atom. The lowest BCUT2D eigenvalue weighted by Gasteiger charge is -2.00. The summed E-state index contributed by atoms with van der Waals surface area (Å²) in [7, 11) is 0. The Bertz CT molecular complexity index is 549. The molecule has 0 aliphatic rings. The van der Waals surface area contributed by atoms with Gasteiger partial charge in [-0.15, -0.1) is 0 Å². The lowest BCUT2D eigenvalue weighted by Crippen LogP contribution is -1.93. The first-order valence-corrected chi connectivity index (χ1v) is 4.51. The largest absolute Gasteiger partial charge is 0.346 e. The highest BCUT2D eigenvalue weighted by Crippen LogP contribution is 2.12. The maximum Gasteiger partial charge on any atom is 0.139 e. The summed E-state index contributed by atoms with van der Waals surface area (Å²) in [5, 5.41) is 1.14. The fourth-order valence-corrected chi connectivity index (χ4v) is 1.55. The number of aromatic amines is 1. The smallest absolute Gasteiger partial charge is 0.139 e. The minimum atomic E-state index is 0.927. The summed E-state index contributed by atoms with van der Waals surface area (Å²) in [5.74, 6) is 0.935. The van der Waals surface area contributed by atoms with Gasteiger partial charge in [0.1, 0.15) is 11.5 Å². The van der Waals surface area contributed by atoms with Crippen LogP contribution in [0.3, 0.4) is 0 Å². The Kier molecular flexibility index (Phi) is 1.44. The standard InChI is InChI=1S/C11H9N3/c1-2-8-14(7-1)10-4-3-9-5-6-12-11(9)13-10/h1-8H,(H,12,13). The van der Waals surface area contributed by atoms with Gasteiger partial charge in [0, 0.05) is 24.0 Å². The van der Waals surface area contributed by atoms with E-state index in [2.05, 4.69) is 16.0 Å². The molecule has 3 heteroatoms. The second-order valence-corrected chi connectivity index (χ2v) is 3.18. The number of aromatic nitrogens is 3. The van der Waals surface area contributed by atoms with Gasteiger partial charge in [-0.3, -0.25) is 0 Å². The van der Waals surface area contributed by atoms with E-state index in [1.165, 1.54) is 0 Å². The zero-order valence-corrected chi connectivity index (χ0v) is 7.51. The van der Waals surface area contributed by atoms with Crippen molar-refractivity contribution in [2.75, 3.05) is 0 Å². The molecule has 0 saturated heterocycles. The van der Waals surface area contributed by atoms with E-state index in [1.54, 1.807) is 0 Å². The first kappa shape index (κ1) is 7.38. The van der Waals surface area contributed by atoms with Crippen LogP contribution in [0.4, 0.5) is 0 Å². The molecule has 1 N–H and O–H groups in total. The third kappa shape index (κ3) is 1.03. The van der Waals surface area contributed by atoms with E-state index in [0.29, 0.717) is 0 Å². The van der Waals surface area contributed by atoms with Gasteiger partial charge >= 0.3 is 0 Å². The molecule has 0 atom stereocenters. The summed E-state index contributed by atoms with van der Waals surface area (Å²) < 4.78 is 1.99. The summed E-state index contributed by atoms with van der Waals surface area (Å²) in [6.07, 6.45) is 5.87. The number of nitrogens with zero attached hydrogens (tertiary/aromatic N) is 2. The van der Waals surface area contributed by atoms with Gasteiger partial charge in [0.2, 0.25) is 0 Å². The molecule has 3 aromatic rings. The molecule has 3 aromatic heterocycles. The summed E-state index contributed by atoms with van der Waals surface area (Å²) in [5.41, 5.74) is 0.927. The maximum atomic E-state index is 4.49. The first-order chi connectivity index (χ1) is 6.93. The number of hydrogen-bond donors (Lipinski definition) is 1. The van der Waals surface area contributed by atoms with Crippen LogP contribution < -0.4 is 0 Å². The highest BCUT2D eigenvalue weighted by molar-refractivity contribution is 5.76. The zero-order valence-electron chi connectivity index (χ0n) is 7.51. The molecule has 3 nitrogen and oxygen atoms in total. The van der Waals surface area contributed by atoms with E-state index in [9.17, 15) is 0 Å². The summed E-state index contributed by atoms with van der Waals surface area (Å²) in [4.78, 5) is 7.58. The number of hydrogen-bond acceptors (Lipinski definition) is 1. The molecular formula is C11H9N3. The van der Waals surface area contributed by atoms with E-state index in [4.69, 9.17) is 0 Å². The van der Waals surface area contributed by atoms with Crippen LogP contribution in [0.5, 0.6) is 0 Å². The number of fused-ring (bicyclic) bond motifs is 1. The van der Waals surface area contributed by atoms with Crippen LogP contribution in [0.25, 0.3) is 16.9 Å². The zero-order chi connectivity index (χ0) is 9.38. The molecule has 0 aliphatic heterocycles. The van der Waals surface area contributed by atoms with Gasteiger partial charge in [0.05, 0.1) is 0 Å². The molecule has 14 heavy (non-hydrogen) atoms. The molecule has 68 valence electrons. The Morgan fingerprint density at radius 3 is 2.79 bits per heavy atom. The predicted octanol–water partition coefficient (Wildman–Crippen LogP) is 2.35. The molecule has 0 aromatic carbocycles. The minimum absolute atomic E-state index is 0.927. The average molecular weight is 183 g/mol. The number of H-pyrrole nitrogens is 1. The molecule has 0 spiro atoms. The Hall–Kier alpha value is -2.03. The van der Waals surface area contributed by atoms with Crippen LogP contribution in [0.2, 0.25) is 0 Å². The van der Waals surface area contributed by atoms with E-state index in [0.717, 1.165) is 16.9 Å². The van der Waals surface area contributed by atoms with Gasteiger partial charge in [-0.1, -0.05) is 0 Å². The molecule has 0 saturated carbocycles. The van der Waals surface area contributed by atoms with Gasteiger partial charge in [-0.05, 0) is 30.3 Å². The monoisotopic (exact) mass is 183 g/mol. The van der Waals surface area contributed by atoms with Crippen molar-refractivity contribution in [2.45, 2.75) is 0 Å². The normalized spacial score (nSPS) is 10.9. The molecule has 0 fully saturated rings. The van der Waals surface area contributed by atoms with Crippen LogP contribution in [-0.2, 0) is 0 Å². The fourth-order valence-electron chi connectivity index (χ4n) is 1.55. The van der Waals surface area contributed by atoms with Crippen LogP contribution in [0.1, 0.15) is 0 Å². The van der Waals surface area contributed by atoms with Crippen molar-refractivity contribution >= 4 is 11.0 Å². The van der Waals surface area contributed by atoms with E-state index in [1.807, 2.05) is 47.4 Å². The van der Waals surface area contributed by atoms with Crippen molar-refractivity contribution in [3.63, 3.8) is 0 Å². The Balaban J connectivity index is 2.23. The fraction of sp³-hybridized carbons (Fsp3) is 0. The molecule has 3 rings (SSSR count). The SMILES string of the molecule is c1ccn(-c2ccc3cc[nH]c3n2)c1. The second kappa shape index (κ2) is 2.73. The molecule has 0 amide bonds. The quantitative estimate of drug-likeness (QED) is 0.617. The molecule has 3 heterocycles. The van der Waals surface area contributed by atoms with Gasteiger partial charge in [0.25, 0.3) is 0 Å². The highest BCUT2D eigenvalue weighted by atomic mass is 15.1. The number of pyridine rings is 1. The van der Waals surface area contributed by atoms with Crippen molar-refractivity contribution in [3.8, 4) is 5.82 Å². The van der Waals surface area contributed by atoms with Crippen molar-refractivity contribution in [3.05, 3.63) is 48.9 Å². The third-order valence-corrected chi connectivity index (χ3v) is 2.26. The molecule has 0 unspecified atom stereocenters. The average Bonchev–Trinajstić information content (AvgIpc) is 2.88. The first-order valence-electron chi connectivity index (χ1n) is 4.51. The predicted molar refractivity (Wildman–Crippen MR) is 55.4 cm³/mol. The van der Waals surface area contributed by atoms with Crippen LogP contribution in [0.15, 0.2) is 48.9 Å². The third-order valence-electron chi connectivity index (χ3n) is 2.26. The second-order valence-electron chi connectivity index (χ2n) is 3.18. The van der Waals surface area contributed by atoms with E-state index < -0.39 is 0 Å². The van der Waals surface area contributed by atoms with Gasteiger partial charge < -0.3 is 9.55 Å². The van der Waals surface area contributed by atoms with Crippen LogP contribution in [-0.4, -0.2) is 14.5 Å². The molecule has 0 radical (unpaired) electrons. The van der Waals surface area contributed by atoms with Crippen molar-refractivity contribution in [2.24, 2.45) is 0 Å². The number of nitrogens with one attached hydrogen (secondary N) is 1. The molecule has 0 aliphatic carbocycles. The number of rotatable bonds is 1. The van der Waals surface area contributed by atoms with E-state index >= 15 is 0 Å². The molecular weight excluding hydrogens is 174 g/mol. The lowest BCUT2D eigenvalue weighted by molar-refractivity contribution is 1.02. The van der Waals surface area contributed by atoms with Crippen molar-refractivity contribution in [1.82, 2.24) is 14.5 Å². The highest BCUT2D eigenvalue weighted by Gasteiger charge is 1.99. The lowest BCUT2D eigenvalue weighted by atomic mass is 10.3. The Labute approximate surface area is 81.0 Å². The van der Waals surface area contributed by atoms with Gasteiger partial charge in [-0.2, -0.15) is 0 Å². The minimum Gasteiger partial charge on any atom is -0.346 e. The van der Waals surface area contributed by atoms with Crippen molar-refractivity contribution in [1.29, 1.82) is 0 Å². The van der Waals surface area contributed by atoms with Crippen molar-refractivity contribution < 1.29 is 0 Å². The van der Waals surface area contributed by atoms with Crippen LogP contribution >= 0.6 is 0 Å². The summed E-state index contributed by atoms with van der Waals surface area (Å²) in [6, 6.07) is 10.1. The van der Waals surface area contributed by atoms with Gasteiger partial charge in [0.15, 0.2) is 0 Å². The van der Waals surface area contributed by atoms with Crippen LogP contribution in [0, 0.1) is 0 Å². The van der Waals surface area contributed by atoms with Gasteiger partial charge in [-0.25, -0.2) is 4.98 Å². The maximum absolute atomic E-state index is 4.49. The van der Waals surface area contributed by atoms with E-state index in [-0.39, 0.29) is 0 Å². The summed E-state index contributed by atoms with van der Waals surface area (Å²) in [6.45, 7) is 0.